The number of nitrogens with two attached hydrogens (primary N) is 2. The lowest BCUT2D eigenvalue weighted by molar-refractivity contribution is -0.0461. The first kappa shape index (κ1) is 31.0. The van der Waals surface area contributed by atoms with Gasteiger partial charge < -0.3 is 35.6 Å². The number of fused-ring (bicyclic) bond motifs is 5. The lowest BCUT2D eigenvalue weighted by Gasteiger charge is -2.27. The van der Waals surface area contributed by atoms with Gasteiger partial charge in [0.1, 0.15) is 29.2 Å². The predicted octanol–water partition coefficient (Wildman–Crippen LogP) is 0.0737. The number of imidazole rings is 2. The van der Waals surface area contributed by atoms with Crippen molar-refractivity contribution in [3.63, 3.8) is 0 Å². The van der Waals surface area contributed by atoms with Crippen LogP contribution < -0.4 is 17.0 Å². The number of ether oxygens (including phenoxy) is 1. The van der Waals surface area contributed by atoms with Crippen LogP contribution in [0, 0.1) is 0 Å². The molecule has 0 amide bonds. The van der Waals surface area contributed by atoms with Crippen molar-refractivity contribution in [1.29, 1.82) is 0 Å². The van der Waals surface area contributed by atoms with Crippen LogP contribution in [0.4, 0.5) is 16.0 Å². The fraction of sp³-hybridized carbons (Fsp3) is 0.476. The number of H-pyrrole nitrogens is 1. The molecule has 0 aliphatic carbocycles. The summed E-state index contributed by atoms with van der Waals surface area (Å²) in [5.74, 6) is -0.204. The third-order valence-corrected chi connectivity index (χ3v) is 11.5. The second-order valence-electron chi connectivity index (χ2n) is 10.2. The molecule has 3 aliphatic heterocycles. The molecule has 0 spiro atoms. The molecule has 3 saturated heterocycles. The van der Waals surface area contributed by atoms with E-state index in [9.17, 15) is 24.3 Å². The number of thioether (sulfide) groups is 1. The number of hydrogen-bond donors (Lipinski definition) is 6. The van der Waals surface area contributed by atoms with Gasteiger partial charge in [-0.1, -0.05) is 0 Å². The monoisotopic (exact) mass is 707 g/mol. The summed E-state index contributed by atoms with van der Waals surface area (Å²) >= 11 is 6.22. The second kappa shape index (κ2) is 11.3. The standard InChI is InChI=1S/C21H24FN9O10P2S2/c22-10-14-8(39-19(10)30-5-26-11-7(23)1-2-25-16(11)30)3-38-43(36,44)41-15-13(32)9(4-37-42(34,35)40-14)45-20(15)31-6-27-12-17(31)28-21(24)29-18(12)33/h1-2,5-6,8-10,13-15,19-20,32H,3-4H2,(H2,23,25)(H,34,35)(H,36,44)(H3,24,28,29,33)/t8-,9-,10+,13-,14-,15-,19-,20-,43?/m1/s1. The molecule has 8 N–H and O–H groups in total. The van der Waals surface area contributed by atoms with Crippen molar-refractivity contribution in [1.82, 2.24) is 34.1 Å². The predicted molar refractivity (Wildman–Crippen MR) is 158 cm³/mol. The Morgan fingerprint density at radius 2 is 1.82 bits per heavy atom. The van der Waals surface area contributed by atoms with Crippen molar-refractivity contribution in [2.24, 2.45) is 0 Å². The van der Waals surface area contributed by atoms with Crippen LogP contribution in [-0.2, 0) is 39.2 Å². The van der Waals surface area contributed by atoms with Crippen LogP contribution in [0.5, 0.6) is 0 Å². The van der Waals surface area contributed by atoms with Crippen molar-refractivity contribution < 1.29 is 46.7 Å². The fourth-order valence-electron chi connectivity index (χ4n) is 5.34. The number of phosphoric ester groups is 1. The number of alkyl halides is 1. The van der Waals surface area contributed by atoms with Crippen LogP contribution in [-0.4, -0.2) is 98.0 Å². The zero-order valence-corrected chi connectivity index (χ0v) is 25.9. The number of halogens is 1. The van der Waals surface area contributed by atoms with Gasteiger partial charge in [0.25, 0.3) is 5.56 Å². The van der Waals surface area contributed by atoms with E-state index >= 15 is 4.39 Å². The molecule has 242 valence electrons. The molecule has 0 radical (unpaired) electrons. The number of aromatic amines is 1. The first-order valence-corrected chi connectivity index (χ1v) is 18.1. The Kier molecular flexibility index (Phi) is 7.78. The van der Waals surface area contributed by atoms with Gasteiger partial charge in [0.15, 0.2) is 29.2 Å². The molecule has 10 atom stereocenters. The van der Waals surface area contributed by atoms with Gasteiger partial charge in [-0.05, 0) is 17.9 Å². The summed E-state index contributed by atoms with van der Waals surface area (Å²) in [6.07, 6.45) is -5.66. The SMILES string of the molecule is Nc1nc2c(ncn2[C@@H]2S[C@@H]3COP(=O)(O)O[C@H]4[C@H](F)[C@H](n5cnc6c(N)ccnc65)O[C@@H]4COP(O)(=S)O[C@@H]2[C@@H]3O)c(=O)[nH]1. The van der Waals surface area contributed by atoms with Gasteiger partial charge in [-0.15, -0.1) is 11.8 Å². The van der Waals surface area contributed by atoms with Crippen molar-refractivity contribution in [2.75, 3.05) is 24.7 Å². The van der Waals surface area contributed by atoms with Gasteiger partial charge in [0.05, 0.1) is 42.9 Å². The number of nitrogen functional groups attached to an aromatic ring is 2. The molecule has 0 saturated carbocycles. The number of hydrogen-bond acceptors (Lipinski definition) is 16. The maximum absolute atomic E-state index is 16.0. The van der Waals surface area contributed by atoms with Crippen molar-refractivity contribution in [2.45, 2.75) is 47.4 Å². The highest BCUT2D eigenvalue weighted by Gasteiger charge is 2.53. The zero-order chi connectivity index (χ0) is 31.8. The van der Waals surface area contributed by atoms with Gasteiger partial charge in [0.2, 0.25) is 5.95 Å². The zero-order valence-electron chi connectivity index (χ0n) is 22.5. The first-order valence-electron chi connectivity index (χ1n) is 13.1. The van der Waals surface area contributed by atoms with Crippen molar-refractivity contribution >= 4 is 72.1 Å². The summed E-state index contributed by atoms with van der Waals surface area (Å²) in [6, 6.07) is 1.51. The molecule has 3 fully saturated rings. The van der Waals surface area contributed by atoms with Crippen LogP contribution in [0.25, 0.3) is 22.3 Å². The second-order valence-corrected chi connectivity index (χ2v) is 15.8. The van der Waals surface area contributed by atoms with E-state index in [-0.39, 0.29) is 34.0 Å². The van der Waals surface area contributed by atoms with Crippen LogP contribution >= 0.6 is 26.3 Å². The van der Waals surface area contributed by atoms with E-state index in [4.69, 9.17) is 46.1 Å². The molecule has 4 aromatic heterocycles. The van der Waals surface area contributed by atoms with E-state index in [0.29, 0.717) is 0 Å². The average Bonchev–Trinajstić information content (AvgIpc) is 3.72. The minimum Gasteiger partial charge on any atom is -0.397 e. The topological polar surface area (TPSA) is 270 Å². The van der Waals surface area contributed by atoms with E-state index in [0.717, 1.165) is 11.8 Å². The van der Waals surface area contributed by atoms with Gasteiger partial charge in [0, 0.05) is 6.20 Å². The summed E-state index contributed by atoms with van der Waals surface area (Å²) in [5.41, 5.74) is 11.7. The maximum atomic E-state index is 16.0. The number of pyridine rings is 1. The quantitative estimate of drug-likeness (QED) is 0.150. The Balaban J connectivity index is 1.21. The molecule has 19 nitrogen and oxygen atoms in total. The largest absolute Gasteiger partial charge is 0.472 e. The van der Waals surface area contributed by atoms with E-state index in [2.05, 4.69) is 24.9 Å². The Morgan fingerprint density at radius 3 is 2.62 bits per heavy atom. The molecule has 2 bridgehead atoms. The molecular formula is C21H24FN9O10P2S2. The minimum atomic E-state index is -5.02. The summed E-state index contributed by atoms with van der Waals surface area (Å²) in [4.78, 5) is 52.9. The number of anilines is 2. The lowest BCUT2D eigenvalue weighted by atomic mass is 10.1. The molecule has 3 aliphatic rings. The number of aliphatic hydroxyl groups excluding tert-OH is 1. The molecule has 45 heavy (non-hydrogen) atoms. The lowest BCUT2D eigenvalue weighted by Crippen LogP contribution is -2.35. The van der Waals surface area contributed by atoms with E-state index < -0.39 is 80.8 Å². The number of phosphoric acid groups is 1. The minimum absolute atomic E-state index is 0.0334. The summed E-state index contributed by atoms with van der Waals surface area (Å²) in [7, 11) is -5.02. The molecule has 4 aromatic rings. The Labute approximate surface area is 259 Å². The molecular weight excluding hydrogens is 683 g/mol. The van der Waals surface area contributed by atoms with Crippen LogP contribution in [0.2, 0.25) is 0 Å². The summed E-state index contributed by atoms with van der Waals surface area (Å²) in [6.45, 7) is -5.51. The third-order valence-electron chi connectivity index (χ3n) is 7.38. The molecule has 24 heteroatoms. The number of aromatic nitrogens is 7. The summed E-state index contributed by atoms with van der Waals surface area (Å²) in [5, 5.41) is 9.23. The van der Waals surface area contributed by atoms with Crippen LogP contribution in [0.3, 0.4) is 0 Å². The first-order chi connectivity index (χ1) is 21.3. The molecule has 7 heterocycles. The van der Waals surface area contributed by atoms with E-state index in [1.165, 1.54) is 34.1 Å². The molecule has 7 rings (SSSR count). The normalized spacial score (nSPS) is 37.7. The Bertz CT molecular complexity index is 1950. The highest BCUT2D eigenvalue weighted by Crippen LogP contribution is 2.56. The van der Waals surface area contributed by atoms with Crippen LogP contribution in [0.1, 0.15) is 11.6 Å². The Hall–Kier alpha value is -2.59. The number of aliphatic hydroxyl groups is 1. The maximum Gasteiger partial charge on any atom is 0.472 e. The van der Waals surface area contributed by atoms with Gasteiger partial charge in [-0.25, -0.2) is 23.9 Å². The Morgan fingerprint density at radius 1 is 1.07 bits per heavy atom. The van der Waals surface area contributed by atoms with E-state index in [1.807, 2.05) is 0 Å². The molecule has 2 unspecified atom stereocenters. The highest BCUT2D eigenvalue weighted by atomic mass is 32.5. The van der Waals surface area contributed by atoms with E-state index in [1.54, 1.807) is 0 Å². The fourth-order valence-corrected chi connectivity index (χ4v) is 9.40. The number of nitrogens with zero attached hydrogens (tertiary/aromatic N) is 6. The molecule has 0 aromatic carbocycles. The average molecular weight is 708 g/mol. The van der Waals surface area contributed by atoms with Gasteiger partial charge in [-0.2, -0.15) is 4.98 Å². The van der Waals surface area contributed by atoms with Crippen molar-refractivity contribution in [3.05, 3.63) is 35.3 Å². The van der Waals surface area contributed by atoms with Gasteiger partial charge in [-0.3, -0.25) is 32.5 Å². The smallest absolute Gasteiger partial charge is 0.397 e. The third kappa shape index (κ3) is 5.57. The van der Waals surface area contributed by atoms with Crippen LogP contribution in [0.15, 0.2) is 29.7 Å². The van der Waals surface area contributed by atoms with Crippen molar-refractivity contribution in [3.8, 4) is 0 Å². The highest BCUT2D eigenvalue weighted by molar-refractivity contribution is 8.07. The summed E-state index contributed by atoms with van der Waals surface area (Å²) < 4.78 is 59.3. The number of nitrogens with one attached hydrogen (secondary N) is 1. The number of rotatable bonds is 2. The van der Waals surface area contributed by atoms with Gasteiger partial charge >= 0.3 is 14.5 Å².